The Morgan fingerprint density at radius 1 is 1.15 bits per heavy atom. The lowest BCUT2D eigenvalue weighted by Crippen LogP contribution is -2.30. The van der Waals surface area contributed by atoms with Gasteiger partial charge in [0.15, 0.2) is 0 Å². The Morgan fingerprint density at radius 2 is 1.90 bits per heavy atom. The maximum absolute atomic E-state index is 13.2. The predicted octanol–water partition coefficient (Wildman–Crippen LogP) is 4.32. The van der Waals surface area contributed by atoms with Gasteiger partial charge in [0.2, 0.25) is 0 Å². The van der Waals surface area contributed by atoms with Gasteiger partial charge in [-0.15, -0.1) is 0 Å². The molecule has 0 bridgehead atoms. The zero-order chi connectivity index (χ0) is 14.8. The summed E-state index contributed by atoms with van der Waals surface area (Å²) in [6.07, 6.45) is 0.817. The van der Waals surface area contributed by atoms with E-state index in [0.29, 0.717) is 17.9 Å². The van der Waals surface area contributed by atoms with Crippen LogP contribution < -0.4 is 0 Å². The minimum atomic E-state index is -0.966. The van der Waals surface area contributed by atoms with Gasteiger partial charge >= 0.3 is 0 Å². The second-order valence-electron chi connectivity index (χ2n) is 5.58. The van der Waals surface area contributed by atoms with Crippen molar-refractivity contribution in [3.05, 3.63) is 70.0 Å². The molecule has 3 heteroatoms. The Hall–Kier alpha value is -1.38. The van der Waals surface area contributed by atoms with Gasteiger partial charge in [0, 0.05) is 17.9 Å². The van der Waals surface area contributed by atoms with Crippen LogP contribution in [0.15, 0.2) is 42.5 Å². The number of aliphatic hydroxyl groups is 1. The van der Waals surface area contributed by atoms with Gasteiger partial charge in [0.25, 0.3) is 0 Å². The maximum atomic E-state index is 13.2. The molecule has 0 radical (unpaired) electrons. The lowest BCUT2D eigenvalue weighted by molar-refractivity contribution is 0.0608. The van der Waals surface area contributed by atoms with Crippen LogP contribution >= 0.6 is 11.6 Å². The van der Waals surface area contributed by atoms with Crippen molar-refractivity contribution < 1.29 is 9.50 Å². The van der Waals surface area contributed by atoms with Crippen LogP contribution in [0.2, 0.25) is 5.02 Å². The Morgan fingerprint density at radius 3 is 2.55 bits per heavy atom. The maximum Gasteiger partial charge on any atom is 0.123 e. The van der Waals surface area contributed by atoms with Crippen molar-refractivity contribution in [1.82, 2.24) is 0 Å². The van der Waals surface area contributed by atoms with Crippen LogP contribution in [0.1, 0.15) is 23.6 Å². The Kier molecular flexibility index (Phi) is 4.46. The number of rotatable bonds is 4. The van der Waals surface area contributed by atoms with Crippen LogP contribution in [0.5, 0.6) is 0 Å². The van der Waals surface area contributed by atoms with Crippen molar-refractivity contribution in [3.63, 3.8) is 0 Å². The summed E-state index contributed by atoms with van der Waals surface area (Å²) in [6.45, 7) is 3.72. The number of hydrogen-bond acceptors (Lipinski definition) is 1. The minimum Gasteiger partial charge on any atom is -0.389 e. The van der Waals surface area contributed by atoms with E-state index in [2.05, 4.69) is 0 Å². The molecule has 0 aliphatic rings. The molecule has 1 N–H and O–H groups in total. The fraction of sp³-hybridized carbons (Fsp3) is 0.294. The topological polar surface area (TPSA) is 20.2 Å². The lowest BCUT2D eigenvalue weighted by Gasteiger charge is -2.24. The van der Waals surface area contributed by atoms with Crippen LogP contribution in [-0.2, 0) is 12.8 Å². The highest BCUT2D eigenvalue weighted by Gasteiger charge is 2.23. The molecule has 106 valence electrons. The standard InChI is InChI=1S/C17H18ClFO/c1-12-6-7-14(16(18)8-12)11-17(2,20)10-13-4-3-5-15(19)9-13/h3-9,20H,10-11H2,1-2H3. The van der Waals surface area contributed by atoms with E-state index >= 15 is 0 Å². The van der Waals surface area contributed by atoms with Crippen LogP contribution in [0.25, 0.3) is 0 Å². The highest BCUT2D eigenvalue weighted by atomic mass is 35.5. The fourth-order valence-corrected chi connectivity index (χ4v) is 2.66. The van der Waals surface area contributed by atoms with Crippen LogP contribution in [0.4, 0.5) is 4.39 Å². The molecule has 1 unspecified atom stereocenters. The summed E-state index contributed by atoms with van der Waals surface area (Å²) in [6, 6.07) is 12.1. The molecule has 0 heterocycles. The number of aryl methyl sites for hydroxylation is 1. The molecule has 2 rings (SSSR count). The SMILES string of the molecule is Cc1ccc(CC(C)(O)Cc2cccc(F)c2)c(Cl)c1. The molecule has 0 aliphatic carbocycles. The average Bonchev–Trinajstić information content (AvgIpc) is 2.32. The third-order valence-electron chi connectivity index (χ3n) is 3.25. The highest BCUT2D eigenvalue weighted by molar-refractivity contribution is 6.31. The fourth-order valence-electron chi connectivity index (χ4n) is 2.36. The molecule has 1 nitrogen and oxygen atoms in total. The quantitative estimate of drug-likeness (QED) is 0.889. The summed E-state index contributed by atoms with van der Waals surface area (Å²) < 4.78 is 13.2. The largest absolute Gasteiger partial charge is 0.389 e. The van der Waals surface area contributed by atoms with E-state index in [-0.39, 0.29) is 5.82 Å². The average molecular weight is 293 g/mol. The van der Waals surface area contributed by atoms with Gasteiger partial charge in [-0.1, -0.05) is 35.9 Å². The van der Waals surface area contributed by atoms with Gasteiger partial charge in [-0.05, 0) is 48.7 Å². The Labute approximate surface area is 124 Å². The van der Waals surface area contributed by atoms with Gasteiger partial charge in [-0.2, -0.15) is 0 Å². The van der Waals surface area contributed by atoms with Crippen LogP contribution in [-0.4, -0.2) is 10.7 Å². The van der Waals surface area contributed by atoms with E-state index in [1.807, 2.05) is 31.2 Å². The second kappa shape index (κ2) is 5.94. The van der Waals surface area contributed by atoms with E-state index in [9.17, 15) is 9.50 Å². The van der Waals surface area contributed by atoms with Gasteiger partial charge in [0.05, 0.1) is 5.60 Å². The molecule has 0 fully saturated rings. The first-order chi connectivity index (χ1) is 9.35. The van der Waals surface area contributed by atoms with Crippen LogP contribution in [0, 0.1) is 12.7 Å². The molecule has 0 saturated carbocycles. The van der Waals surface area contributed by atoms with Crippen molar-refractivity contribution in [3.8, 4) is 0 Å². The molecule has 1 atom stereocenters. The van der Waals surface area contributed by atoms with E-state index in [1.165, 1.54) is 12.1 Å². The summed E-state index contributed by atoms with van der Waals surface area (Å²) in [5, 5.41) is 11.2. The smallest absolute Gasteiger partial charge is 0.123 e. The van der Waals surface area contributed by atoms with E-state index < -0.39 is 5.60 Å². The monoisotopic (exact) mass is 292 g/mol. The van der Waals surface area contributed by atoms with E-state index in [1.54, 1.807) is 13.0 Å². The predicted molar refractivity (Wildman–Crippen MR) is 80.6 cm³/mol. The molecule has 2 aromatic rings. The van der Waals surface area contributed by atoms with Crippen LogP contribution in [0.3, 0.4) is 0 Å². The van der Waals surface area contributed by atoms with Crippen molar-refractivity contribution in [1.29, 1.82) is 0 Å². The van der Waals surface area contributed by atoms with Gasteiger partial charge < -0.3 is 5.11 Å². The Bertz CT molecular complexity index is 608. The second-order valence-corrected chi connectivity index (χ2v) is 5.98. The molecular formula is C17H18ClFO. The normalized spacial score (nSPS) is 14.1. The third kappa shape index (κ3) is 4.06. The zero-order valence-electron chi connectivity index (χ0n) is 11.7. The molecule has 0 amide bonds. The summed E-state index contributed by atoms with van der Waals surface area (Å²) in [5.74, 6) is -0.285. The van der Waals surface area contributed by atoms with Gasteiger partial charge in [0.1, 0.15) is 5.82 Å². The molecule has 0 aromatic heterocycles. The molecule has 20 heavy (non-hydrogen) atoms. The summed E-state index contributed by atoms with van der Waals surface area (Å²) in [4.78, 5) is 0. The van der Waals surface area contributed by atoms with Crippen molar-refractivity contribution in [2.45, 2.75) is 32.3 Å². The molecule has 0 spiro atoms. The summed E-state index contributed by atoms with van der Waals surface area (Å²) in [5.41, 5.74) is 1.80. The van der Waals surface area contributed by atoms with Crippen molar-refractivity contribution in [2.24, 2.45) is 0 Å². The molecule has 0 aliphatic heterocycles. The number of hydrogen-bond donors (Lipinski definition) is 1. The zero-order valence-corrected chi connectivity index (χ0v) is 12.4. The Balaban J connectivity index is 2.14. The highest BCUT2D eigenvalue weighted by Crippen LogP contribution is 2.25. The first-order valence-corrected chi connectivity index (χ1v) is 6.95. The first-order valence-electron chi connectivity index (χ1n) is 6.58. The summed E-state index contributed by atoms with van der Waals surface area (Å²) >= 11 is 6.19. The number of halogens is 2. The van der Waals surface area contributed by atoms with Gasteiger partial charge in [-0.3, -0.25) is 0 Å². The van der Waals surface area contributed by atoms with Crippen molar-refractivity contribution in [2.75, 3.05) is 0 Å². The lowest BCUT2D eigenvalue weighted by atomic mass is 9.89. The van der Waals surface area contributed by atoms with E-state index in [0.717, 1.165) is 16.7 Å². The molecular weight excluding hydrogens is 275 g/mol. The first kappa shape index (κ1) is 15.0. The minimum absolute atomic E-state index is 0.285. The van der Waals surface area contributed by atoms with Gasteiger partial charge in [-0.25, -0.2) is 4.39 Å². The number of benzene rings is 2. The third-order valence-corrected chi connectivity index (χ3v) is 3.61. The van der Waals surface area contributed by atoms with E-state index in [4.69, 9.17) is 11.6 Å². The molecule has 2 aromatic carbocycles. The molecule has 0 saturated heterocycles. The van der Waals surface area contributed by atoms with Crippen molar-refractivity contribution >= 4 is 11.6 Å². The summed E-state index contributed by atoms with van der Waals surface area (Å²) in [7, 11) is 0.